The Balaban J connectivity index is 3.19. The molecular formula is C11H9ClF4. The SMILES string of the molecule is C/C(=C/c1cc(F)cc(C(F)(F)F)c1)CCl. The number of hydrogen-bond acceptors (Lipinski definition) is 0. The van der Waals surface area contributed by atoms with Crippen molar-refractivity contribution in [2.45, 2.75) is 13.1 Å². The highest BCUT2D eigenvalue weighted by atomic mass is 35.5. The van der Waals surface area contributed by atoms with E-state index in [1.54, 1.807) is 6.92 Å². The van der Waals surface area contributed by atoms with Gasteiger partial charge in [0.05, 0.1) is 5.56 Å². The molecule has 0 atom stereocenters. The van der Waals surface area contributed by atoms with Gasteiger partial charge >= 0.3 is 6.18 Å². The van der Waals surface area contributed by atoms with E-state index in [0.29, 0.717) is 11.6 Å². The van der Waals surface area contributed by atoms with Crippen molar-refractivity contribution in [2.75, 3.05) is 5.88 Å². The van der Waals surface area contributed by atoms with Crippen LogP contribution in [0.25, 0.3) is 6.08 Å². The minimum atomic E-state index is -4.54. The minimum Gasteiger partial charge on any atom is -0.207 e. The molecule has 1 aromatic rings. The van der Waals surface area contributed by atoms with E-state index in [0.717, 1.165) is 12.1 Å². The molecule has 5 heteroatoms. The molecule has 0 aliphatic carbocycles. The molecule has 0 spiro atoms. The van der Waals surface area contributed by atoms with E-state index in [4.69, 9.17) is 11.6 Å². The minimum absolute atomic E-state index is 0.158. The number of rotatable bonds is 2. The zero-order valence-corrected chi connectivity index (χ0v) is 9.16. The molecule has 0 aromatic heterocycles. The number of allylic oxidation sites excluding steroid dienone is 1. The third kappa shape index (κ3) is 3.52. The second-order valence-electron chi connectivity index (χ2n) is 3.40. The summed E-state index contributed by atoms with van der Waals surface area (Å²) in [5, 5.41) is 0. The van der Waals surface area contributed by atoms with Crippen LogP contribution in [-0.4, -0.2) is 5.88 Å². The molecule has 1 aromatic carbocycles. The summed E-state index contributed by atoms with van der Waals surface area (Å²) in [6, 6.07) is 2.39. The molecule has 1 rings (SSSR count). The van der Waals surface area contributed by atoms with Gasteiger partial charge in [0.25, 0.3) is 0 Å². The predicted octanol–water partition coefficient (Wildman–Crippen LogP) is 4.49. The van der Waals surface area contributed by atoms with E-state index < -0.39 is 17.6 Å². The van der Waals surface area contributed by atoms with E-state index >= 15 is 0 Å². The molecule has 0 aliphatic heterocycles. The maximum absolute atomic E-state index is 13.0. The van der Waals surface area contributed by atoms with Crippen LogP contribution in [0, 0.1) is 5.82 Å². The molecule has 0 amide bonds. The Morgan fingerprint density at radius 1 is 1.31 bits per heavy atom. The quantitative estimate of drug-likeness (QED) is 0.537. The van der Waals surface area contributed by atoms with Crippen LogP contribution in [0.15, 0.2) is 23.8 Å². The van der Waals surface area contributed by atoms with Crippen LogP contribution in [0.2, 0.25) is 0 Å². The Morgan fingerprint density at radius 3 is 2.44 bits per heavy atom. The van der Waals surface area contributed by atoms with Crippen molar-refractivity contribution in [2.24, 2.45) is 0 Å². The Hall–Kier alpha value is -1.03. The van der Waals surface area contributed by atoms with Crippen LogP contribution < -0.4 is 0 Å². The van der Waals surface area contributed by atoms with E-state index in [1.807, 2.05) is 0 Å². The summed E-state index contributed by atoms with van der Waals surface area (Å²) in [5.74, 6) is -0.721. The Bertz CT molecular complexity index is 407. The Morgan fingerprint density at radius 2 is 1.94 bits per heavy atom. The van der Waals surface area contributed by atoms with Gasteiger partial charge < -0.3 is 0 Å². The van der Waals surface area contributed by atoms with E-state index in [-0.39, 0.29) is 11.4 Å². The molecule has 0 fully saturated rings. The maximum atomic E-state index is 13.0. The first-order chi connectivity index (χ1) is 7.32. The summed E-state index contributed by atoms with van der Waals surface area (Å²) in [6.45, 7) is 1.66. The molecule has 0 saturated heterocycles. The maximum Gasteiger partial charge on any atom is 0.416 e. The van der Waals surface area contributed by atoms with Gasteiger partial charge in [0.2, 0.25) is 0 Å². The van der Waals surface area contributed by atoms with Gasteiger partial charge in [0, 0.05) is 5.88 Å². The van der Waals surface area contributed by atoms with Gasteiger partial charge in [-0.15, -0.1) is 11.6 Å². The van der Waals surface area contributed by atoms with Crippen LogP contribution in [-0.2, 0) is 6.18 Å². The summed E-state index contributed by atoms with van der Waals surface area (Å²) >= 11 is 5.49. The van der Waals surface area contributed by atoms with Gasteiger partial charge in [0.15, 0.2) is 0 Å². The monoisotopic (exact) mass is 252 g/mol. The molecule has 0 saturated carbocycles. The van der Waals surface area contributed by atoms with Crippen LogP contribution in [0.4, 0.5) is 17.6 Å². The predicted molar refractivity (Wildman–Crippen MR) is 55.8 cm³/mol. The van der Waals surface area contributed by atoms with E-state index in [1.165, 1.54) is 6.08 Å². The fourth-order valence-corrected chi connectivity index (χ4v) is 1.26. The average molecular weight is 253 g/mol. The zero-order valence-electron chi connectivity index (χ0n) is 8.41. The fraction of sp³-hybridized carbons (Fsp3) is 0.273. The standard InChI is InChI=1S/C11H9ClF4/c1-7(6-12)2-8-3-9(11(14,15)16)5-10(13)4-8/h2-5H,6H2,1H3/b7-2-. The third-order valence-electron chi connectivity index (χ3n) is 1.87. The van der Waals surface area contributed by atoms with Gasteiger partial charge in [-0.25, -0.2) is 4.39 Å². The molecule has 0 heterocycles. The lowest BCUT2D eigenvalue weighted by Gasteiger charge is -2.08. The number of alkyl halides is 4. The molecule has 0 unspecified atom stereocenters. The Labute approximate surface area is 95.5 Å². The van der Waals surface area contributed by atoms with Crippen LogP contribution in [0.5, 0.6) is 0 Å². The molecular weight excluding hydrogens is 244 g/mol. The fourth-order valence-electron chi connectivity index (χ4n) is 1.18. The lowest BCUT2D eigenvalue weighted by molar-refractivity contribution is -0.137. The van der Waals surface area contributed by atoms with Crippen LogP contribution >= 0.6 is 11.6 Å². The molecule has 16 heavy (non-hydrogen) atoms. The molecule has 0 bridgehead atoms. The van der Waals surface area contributed by atoms with Crippen molar-refractivity contribution < 1.29 is 17.6 Å². The lowest BCUT2D eigenvalue weighted by Crippen LogP contribution is -2.05. The topological polar surface area (TPSA) is 0 Å². The molecule has 0 nitrogen and oxygen atoms in total. The number of benzene rings is 1. The van der Waals surface area contributed by atoms with Crippen molar-refractivity contribution in [1.82, 2.24) is 0 Å². The first kappa shape index (κ1) is 13.0. The average Bonchev–Trinajstić information content (AvgIpc) is 2.15. The third-order valence-corrected chi connectivity index (χ3v) is 2.29. The first-order valence-corrected chi connectivity index (χ1v) is 4.97. The van der Waals surface area contributed by atoms with Gasteiger partial charge in [-0.1, -0.05) is 11.6 Å². The number of halogens is 5. The zero-order chi connectivity index (χ0) is 12.3. The van der Waals surface area contributed by atoms with Gasteiger partial charge in [-0.3, -0.25) is 0 Å². The van der Waals surface area contributed by atoms with Crippen molar-refractivity contribution >= 4 is 17.7 Å². The van der Waals surface area contributed by atoms with Gasteiger partial charge in [-0.2, -0.15) is 13.2 Å². The summed E-state index contributed by atoms with van der Waals surface area (Å²) < 4.78 is 50.0. The molecule has 0 radical (unpaired) electrons. The Kier molecular flexibility index (Phi) is 3.97. The van der Waals surface area contributed by atoms with E-state index in [9.17, 15) is 17.6 Å². The summed E-state index contributed by atoms with van der Waals surface area (Å²) in [7, 11) is 0. The van der Waals surface area contributed by atoms with Crippen LogP contribution in [0.3, 0.4) is 0 Å². The van der Waals surface area contributed by atoms with Crippen molar-refractivity contribution in [3.63, 3.8) is 0 Å². The summed E-state index contributed by atoms with van der Waals surface area (Å²) in [4.78, 5) is 0. The molecule has 0 aliphatic rings. The van der Waals surface area contributed by atoms with Crippen molar-refractivity contribution in [3.8, 4) is 0 Å². The largest absolute Gasteiger partial charge is 0.416 e. The highest BCUT2D eigenvalue weighted by Crippen LogP contribution is 2.30. The second kappa shape index (κ2) is 4.87. The van der Waals surface area contributed by atoms with Crippen LogP contribution in [0.1, 0.15) is 18.1 Å². The smallest absolute Gasteiger partial charge is 0.207 e. The van der Waals surface area contributed by atoms with Crippen molar-refractivity contribution in [3.05, 3.63) is 40.7 Å². The first-order valence-electron chi connectivity index (χ1n) is 4.44. The second-order valence-corrected chi connectivity index (χ2v) is 3.66. The van der Waals surface area contributed by atoms with Gasteiger partial charge in [0.1, 0.15) is 5.82 Å². The van der Waals surface area contributed by atoms with Crippen molar-refractivity contribution in [1.29, 1.82) is 0 Å². The normalized spacial score (nSPS) is 13.0. The molecule has 88 valence electrons. The summed E-state index contributed by atoms with van der Waals surface area (Å²) in [6.07, 6.45) is -3.12. The summed E-state index contributed by atoms with van der Waals surface area (Å²) in [5.41, 5.74) is -0.174. The lowest BCUT2D eigenvalue weighted by atomic mass is 10.1. The highest BCUT2D eigenvalue weighted by Gasteiger charge is 2.31. The highest BCUT2D eigenvalue weighted by molar-refractivity contribution is 6.19. The van der Waals surface area contributed by atoms with E-state index in [2.05, 4.69) is 0 Å². The van der Waals surface area contributed by atoms with Gasteiger partial charge in [-0.05, 0) is 30.7 Å². The molecule has 0 N–H and O–H groups in total. The number of hydrogen-bond donors (Lipinski definition) is 0.